The standard InChI is InChI=1S/C18H22N2O3/c1-12-5-13(2)8-16(7-12)19-22-11-18(21)23-20-17-9-14(3)6-15(4)10-17/h5-10,19-20H,11H2,1-4H3. The Kier molecular flexibility index (Phi) is 5.60. The maximum atomic E-state index is 11.7. The first kappa shape index (κ1) is 16.8. The molecule has 0 unspecified atom stereocenters. The van der Waals surface area contributed by atoms with Gasteiger partial charge in [0, 0.05) is 0 Å². The molecule has 0 bridgehead atoms. The van der Waals surface area contributed by atoms with Crippen LogP contribution in [0, 0.1) is 27.7 Å². The Balaban J connectivity index is 1.76. The summed E-state index contributed by atoms with van der Waals surface area (Å²) in [7, 11) is 0. The fraction of sp³-hybridized carbons (Fsp3) is 0.278. The van der Waals surface area contributed by atoms with Crippen molar-refractivity contribution >= 4 is 17.3 Å². The molecule has 2 N–H and O–H groups in total. The van der Waals surface area contributed by atoms with Crippen LogP contribution in [-0.4, -0.2) is 12.6 Å². The molecule has 0 heterocycles. The predicted molar refractivity (Wildman–Crippen MR) is 91.1 cm³/mol. The summed E-state index contributed by atoms with van der Waals surface area (Å²) < 4.78 is 0. The Hall–Kier alpha value is -2.53. The number of hydrogen-bond acceptors (Lipinski definition) is 5. The first-order valence-corrected chi connectivity index (χ1v) is 7.42. The van der Waals surface area contributed by atoms with Crippen LogP contribution in [0.2, 0.25) is 0 Å². The van der Waals surface area contributed by atoms with Gasteiger partial charge in [-0.3, -0.25) is 10.3 Å². The Morgan fingerprint density at radius 1 is 0.783 bits per heavy atom. The molecule has 23 heavy (non-hydrogen) atoms. The minimum Gasteiger partial charge on any atom is -0.341 e. The second kappa shape index (κ2) is 7.65. The molecule has 5 heteroatoms. The summed E-state index contributed by atoms with van der Waals surface area (Å²) in [6.07, 6.45) is 0. The third-order valence-electron chi connectivity index (χ3n) is 3.11. The molecule has 0 aromatic heterocycles. The maximum absolute atomic E-state index is 11.7. The Morgan fingerprint density at radius 3 is 1.70 bits per heavy atom. The average Bonchev–Trinajstić information content (AvgIpc) is 2.43. The zero-order chi connectivity index (χ0) is 16.8. The Labute approximate surface area is 136 Å². The van der Waals surface area contributed by atoms with Gasteiger partial charge in [-0.05, 0) is 74.2 Å². The molecule has 0 aliphatic carbocycles. The smallest absolute Gasteiger partial charge is 0.341 e. The maximum Gasteiger partial charge on any atom is 0.360 e. The lowest BCUT2D eigenvalue weighted by atomic mass is 10.1. The van der Waals surface area contributed by atoms with Gasteiger partial charge in [-0.15, -0.1) is 0 Å². The van der Waals surface area contributed by atoms with Gasteiger partial charge >= 0.3 is 5.97 Å². The summed E-state index contributed by atoms with van der Waals surface area (Å²) in [5.74, 6) is -0.513. The highest BCUT2D eigenvalue weighted by Crippen LogP contribution is 2.14. The lowest BCUT2D eigenvalue weighted by molar-refractivity contribution is -0.144. The topological polar surface area (TPSA) is 59.6 Å². The largest absolute Gasteiger partial charge is 0.360 e. The quantitative estimate of drug-likeness (QED) is 0.794. The molecule has 0 saturated heterocycles. The summed E-state index contributed by atoms with van der Waals surface area (Å²) in [4.78, 5) is 21.8. The van der Waals surface area contributed by atoms with Crippen LogP contribution < -0.4 is 11.0 Å². The molecule has 0 amide bonds. The lowest BCUT2D eigenvalue weighted by Crippen LogP contribution is -2.18. The van der Waals surface area contributed by atoms with Gasteiger partial charge in [0.1, 0.15) is 0 Å². The van der Waals surface area contributed by atoms with Gasteiger partial charge in [-0.2, -0.15) is 0 Å². The molecule has 2 rings (SSSR count). The van der Waals surface area contributed by atoms with Crippen LogP contribution in [0.3, 0.4) is 0 Å². The molecule has 2 aromatic carbocycles. The summed E-state index contributed by atoms with van der Waals surface area (Å²) in [5, 5.41) is 0. The van der Waals surface area contributed by atoms with E-state index in [1.54, 1.807) is 0 Å². The number of nitrogens with one attached hydrogen (secondary N) is 2. The van der Waals surface area contributed by atoms with Crippen LogP contribution in [0.1, 0.15) is 22.3 Å². The molecule has 122 valence electrons. The van der Waals surface area contributed by atoms with E-state index < -0.39 is 5.97 Å². The number of anilines is 2. The van der Waals surface area contributed by atoms with Crippen molar-refractivity contribution in [2.75, 3.05) is 17.6 Å². The number of aryl methyl sites for hydroxylation is 4. The van der Waals surface area contributed by atoms with Crippen LogP contribution in [0.5, 0.6) is 0 Å². The summed E-state index contributed by atoms with van der Waals surface area (Å²) in [5.41, 5.74) is 11.3. The van der Waals surface area contributed by atoms with Crippen molar-refractivity contribution in [2.24, 2.45) is 0 Å². The van der Waals surface area contributed by atoms with Gasteiger partial charge < -0.3 is 4.84 Å². The predicted octanol–water partition coefficient (Wildman–Crippen LogP) is 3.83. The van der Waals surface area contributed by atoms with E-state index in [9.17, 15) is 4.79 Å². The van der Waals surface area contributed by atoms with Crippen molar-refractivity contribution in [2.45, 2.75) is 27.7 Å². The molecular weight excluding hydrogens is 292 g/mol. The zero-order valence-corrected chi connectivity index (χ0v) is 13.9. The van der Waals surface area contributed by atoms with Crippen molar-refractivity contribution in [3.8, 4) is 0 Å². The van der Waals surface area contributed by atoms with Gasteiger partial charge in [0.2, 0.25) is 0 Å². The SMILES string of the molecule is Cc1cc(C)cc(NOCC(=O)ONc2cc(C)cc(C)c2)c1. The highest BCUT2D eigenvalue weighted by molar-refractivity contribution is 5.72. The minimum absolute atomic E-state index is 0.204. The number of carbonyl (C=O) groups excluding carboxylic acids is 1. The average molecular weight is 314 g/mol. The van der Waals surface area contributed by atoms with Crippen molar-refractivity contribution in [1.29, 1.82) is 0 Å². The van der Waals surface area contributed by atoms with Crippen molar-refractivity contribution in [1.82, 2.24) is 0 Å². The van der Waals surface area contributed by atoms with Gasteiger partial charge in [-0.25, -0.2) is 10.3 Å². The molecule has 0 fully saturated rings. The molecule has 0 aliphatic rings. The number of hydrogen-bond donors (Lipinski definition) is 2. The number of rotatable bonds is 6. The highest BCUT2D eigenvalue weighted by atomic mass is 16.7. The van der Waals surface area contributed by atoms with Gasteiger partial charge in [0.25, 0.3) is 0 Å². The van der Waals surface area contributed by atoms with Gasteiger partial charge in [-0.1, -0.05) is 12.1 Å². The molecule has 0 atom stereocenters. The van der Waals surface area contributed by atoms with E-state index in [0.717, 1.165) is 33.6 Å². The highest BCUT2D eigenvalue weighted by Gasteiger charge is 2.05. The monoisotopic (exact) mass is 314 g/mol. The summed E-state index contributed by atoms with van der Waals surface area (Å²) in [6, 6.07) is 11.8. The van der Waals surface area contributed by atoms with E-state index in [2.05, 4.69) is 17.0 Å². The van der Waals surface area contributed by atoms with Crippen molar-refractivity contribution < 1.29 is 14.5 Å². The third kappa shape index (κ3) is 5.64. The van der Waals surface area contributed by atoms with E-state index in [1.807, 2.05) is 58.0 Å². The van der Waals surface area contributed by atoms with Crippen LogP contribution in [0.15, 0.2) is 36.4 Å². The van der Waals surface area contributed by atoms with E-state index >= 15 is 0 Å². The molecule has 0 radical (unpaired) electrons. The van der Waals surface area contributed by atoms with E-state index in [4.69, 9.17) is 9.68 Å². The lowest BCUT2D eigenvalue weighted by Gasteiger charge is -2.10. The molecule has 0 spiro atoms. The Bertz CT molecular complexity index is 658. The summed E-state index contributed by atoms with van der Waals surface area (Å²) in [6.45, 7) is 7.76. The van der Waals surface area contributed by atoms with Crippen molar-refractivity contribution in [3.05, 3.63) is 58.7 Å². The molecule has 5 nitrogen and oxygen atoms in total. The van der Waals surface area contributed by atoms with E-state index in [-0.39, 0.29) is 6.61 Å². The van der Waals surface area contributed by atoms with E-state index in [1.165, 1.54) is 0 Å². The van der Waals surface area contributed by atoms with E-state index in [0.29, 0.717) is 0 Å². The molecule has 0 saturated carbocycles. The normalized spacial score (nSPS) is 10.3. The minimum atomic E-state index is -0.513. The van der Waals surface area contributed by atoms with Crippen LogP contribution >= 0.6 is 0 Å². The van der Waals surface area contributed by atoms with Gasteiger partial charge in [0.05, 0.1) is 11.4 Å². The second-order valence-electron chi connectivity index (χ2n) is 5.72. The summed E-state index contributed by atoms with van der Waals surface area (Å²) >= 11 is 0. The first-order chi connectivity index (χ1) is 10.9. The Morgan fingerprint density at radius 2 is 1.22 bits per heavy atom. The molecular formula is C18H22N2O3. The van der Waals surface area contributed by atoms with Gasteiger partial charge in [0.15, 0.2) is 6.61 Å². The first-order valence-electron chi connectivity index (χ1n) is 7.42. The third-order valence-corrected chi connectivity index (χ3v) is 3.11. The number of carbonyl (C=O) groups is 1. The van der Waals surface area contributed by atoms with Crippen LogP contribution in [0.25, 0.3) is 0 Å². The van der Waals surface area contributed by atoms with Crippen LogP contribution in [0.4, 0.5) is 11.4 Å². The molecule has 0 aliphatic heterocycles. The van der Waals surface area contributed by atoms with Crippen LogP contribution in [-0.2, 0) is 14.5 Å². The fourth-order valence-corrected chi connectivity index (χ4v) is 2.39. The second-order valence-corrected chi connectivity index (χ2v) is 5.72. The van der Waals surface area contributed by atoms with Crippen molar-refractivity contribution in [3.63, 3.8) is 0 Å². The zero-order valence-electron chi connectivity index (χ0n) is 13.9. The molecule has 2 aromatic rings. The number of benzene rings is 2. The fourth-order valence-electron chi connectivity index (χ4n) is 2.39.